The average molecular weight is 471 g/mol. The first kappa shape index (κ1) is 23.3. The molecule has 3 amide bonds. The van der Waals surface area contributed by atoms with E-state index in [9.17, 15) is 14.4 Å². The Kier molecular flexibility index (Phi) is 7.04. The number of nitrogens with zero attached hydrogens (tertiary/aromatic N) is 3. The van der Waals surface area contributed by atoms with E-state index in [1.807, 2.05) is 43.3 Å². The number of rotatable bonds is 6. The number of fused-ring (bicyclic) bond motifs is 1. The molecule has 2 aliphatic rings. The highest BCUT2D eigenvalue weighted by Crippen LogP contribution is 2.36. The number of likely N-dealkylation sites (N-methyl/N-ethyl adjacent to an activating group) is 1. The first-order valence-corrected chi connectivity index (χ1v) is 12.3. The number of aromatic nitrogens is 2. The molecule has 4 rings (SSSR count). The van der Waals surface area contributed by atoms with Gasteiger partial charge in [-0.3, -0.25) is 14.4 Å². The molecule has 0 bridgehead atoms. The van der Waals surface area contributed by atoms with E-state index in [1.165, 1.54) is 0 Å². The summed E-state index contributed by atoms with van der Waals surface area (Å²) in [5.41, 5.74) is 1.62. The fourth-order valence-electron chi connectivity index (χ4n) is 4.21. The fourth-order valence-corrected chi connectivity index (χ4v) is 5.67. The molecule has 33 heavy (non-hydrogen) atoms. The van der Waals surface area contributed by atoms with Crippen molar-refractivity contribution < 1.29 is 14.4 Å². The summed E-state index contributed by atoms with van der Waals surface area (Å²) in [4.78, 5) is 40.8. The van der Waals surface area contributed by atoms with Gasteiger partial charge in [-0.1, -0.05) is 18.2 Å². The molecular weight excluding hydrogens is 440 g/mol. The van der Waals surface area contributed by atoms with E-state index in [2.05, 4.69) is 21.0 Å². The molecule has 2 fully saturated rings. The van der Waals surface area contributed by atoms with Crippen molar-refractivity contribution in [2.75, 3.05) is 18.1 Å². The van der Waals surface area contributed by atoms with Crippen molar-refractivity contribution in [1.29, 1.82) is 0 Å². The largest absolute Gasteiger partial charge is 0.343 e. The maximum absolute atomic E-state index is 13.4. The number of benzene rings is 1. The van der Waals surface area contributed by atoms with Gasteiger partial charge >= 0.3 is 0 Å². The van der Waals surface area contributed by atoms with Crippen molar-refractivity contribution in [3.05, 3.63) is 42.1 Å². The van der Waals surface area contributed by atoms with E-state index in [-0.39, 0.29) is 23.1 Å². The highest BCUT2D eigenvalue weighted by molar-refractivity contribution is 8.00. The molecular formula is C23H30N6O3S. The van der Waals surface area contributed by atoms with Crippen molar-refractivity contribution in [1.82, 2.24) is 25.3 Å². The number of carbonyl (C=O) groups excluding carboxylic acids is 3. The molecule has 2 aliphatic heterocycles. The van der Waals surface area contributed by atoms with E-state index in [0.29, 0.717) is 18.0 Å². The summed E-state index contributed by atoms with van der Waals surface area (Å²) < 4.78 is 1.69. The molecule has 0 spiro atoms. The molecule has 9 nitrogen and oxygen atoms in total. The third kappa shape index (κ3) is 4.91. The van der Waals surface area contributed by atoms with Gasteiger partial charge < -0.3 is 20.9 Å². The molecule has 0 saturated carbocycles. The lowest BCUT2D eigenvalue weighted by Crippen LogP contribution is -2.55. The lowest BCUT2D eigenvalue weighted by atomic mass is 10.1. The van der Waals surface area contributed by atoms with E-state index in [1.54, 1.807) is 35.3 Å². The van der Waals surface area contributed by atoms with Gasteiger partial charge in [0.05, 0.1) is 22.8 Å². The van der Waals surface area contributed by atoms with Gasteiger partial charge in [-0.2, -0.15) is 5.10 Å². The molecule has 2 aromatic rings. The Balaban J connectivity index is 1.52. The van der Waals surface area contributed by atoms with Crippen LogP contribution in [0.25, 0.3) is 5.69 Å². The van der Waals surface area contributed by atoms with Gasteiger partial charge in [-0.15, -0.1) is 11.8 Å². The van der Waals surface area contributed by atoms with Crippen LogP contribution in [0.1, 0.15) is 31.9 Å². The zero-order chi connectivity index (χ0) is 23.5. The van der Waals surface area contributed by atoms with Gasteiger partial charge in [-0.25, -0.2) is 4.68 Å². The van der Waals surface area contributed by atoms with Crippen LogP contribution in [0.3, 0.4) is 0 Å². The molecule has 0 radical (unpaired) electrons. The van der Waals surface area contributed by atoms with Crippen molar-refractivity contribution in [3.63, 3.8) is 0 Å². The molecule has 3 heterocycles. The van der Waals surface area contributed by atoms with Gasteiger partial charge in [0.25, 0.3) is 0 Å². The quantitative estimate of drug-likeness (QED) is 0.593. The molecule has 0 unspecified atom stereocenters. The van der Waals surface area contributed by atoms with Gasteiger partial charge in [0.15, 0.2) is 0 Å². The van der Waals surface area contributed by atoms with Crippen LogP contribution >= 0.6 is 11.8 Å². The monoisotopic (exact) mass is 470 g/mol. The third-order valence-electron chi connectivity index (χ3n) is 6.12. The highest BCUT2D eigenvalue weighted by atomic mass is 32.2. The number of hydrogen-bond acceptors (Lipinski definition) is 6. The standard InChI is InChI=1S/C23H30N6O3S/c1-14-12-19(29(27-14)16-8-5-4-6-9-16)26-22(31)18-13-33-20-11-7-10-17(23(32)28(18)20)25-21(30)15(2)24-3/h4-6,8-9,12,15,17-18,20,24H,7,10-11,13H2,1-3H3,(H,25,30)(H,26,31)/t15-,17-,18-,20-/m0/s1. The molecule has 3 N–H and O–H groups in total. The predicted molar refractivity (Wildman–Crippen MR) is 128 cm³/mol. The van der Waals surface area contributed by atoms with Crippen LogP contribution in [-0.2, 0) is 14.4 Å². The highest BCUT2D eigenvalue weighted by Gasteiger charge is 2.45. The molecule has 4 atom stereocenters. The smallest absolute Gasteiger partial charge is 0.249 e. The van der Waals surface area contributed by atoms with E-state index < -0.39 is 18.1 Å². The Hall–Kier alpha value is -2.85. The summed E-state index contributed by atoms with van der Waals surface area (Å²) in [6.07, 6.45) is 2.19. The number of thioether (sulfide) groups is 1. The minimum Gasteiger partial charge on any atom is -0.343 e. The summed E-state index contributed by atoms with van der Waals surface area (Å²) in [6.45, 7) is 3.62. The second-order valence-electron chi connectivity index (χ2n) is 8.46. The van der Waals surface area contributed by atoms with E-state index in [4.69, 9.17) is 0 Å². The van der Waals surface area contributed by atoms with Crippen molar-refractivity contribution in [3.8, 4) is 5.69 Å². The summed E-state index contributed by atoms with van der Waals surface area (Å²) >= 11 is 1.62. The SMILES string of the molecule is CN[C@@H](C)C(=O)N[C@H]1CCC[C@@H]2SC[C@@H](C(=O)Nc3cc(C)nn3-c3ccccc3)N2C1=O. The van der Waals surface area contributed by atoms with Crippen LogP contribution in [0.15, 0.2) is 36.4 Å². The van der Waals surface area contributed by atoms with Crippen LogP contribution in [0, 0.1) is 6.92 Å². The number of carbonyl (C=O) groups is 3. The number of aryl methyl sites for hydroxylation is 1. The Labute approximate surface area is 197 Å². The fraction of sp³-hybridized carbons (Fsp3) is 0.478. The minimum atomic E-state index is -0.621. The Morgan fingerprint density at radius 2 is 1.97 bits per heavy atom. The Morgan fingerprint density at radius 3 is 2.70 bits per heavy atom. The molecule has 0 aliphatic carbocycles. The average Bonchev–Trinajstić information content (AvgIpc) is 3.37. The van der Waals surface area contributed by atoms with Crippen LogP contribution in [-0.4, -0.2) is 68.7 Å². The van der Waals surface area contributed by atoms with Gasteiger partial charge in [0.1, 0.15) is 17.9 Å². The summed E-state index contributed by atoms with van der Waals surface area (Å²) in [5, 5.41) is 13.2. The van der Waals surface area contributed by atoms with Crippen molar-refractivity contribution in [2.24, 2.45) is 0 Å². The zero-order valence-corrected chi connectivity index (χ0v) is 19.9. The van der Waals surface area contributed by atoms with E-state index >= 15 is 0 Å². The molecule has 1 aromatic heterocycles. The number of amides is 3. The summed E-state index contributed by atoms with van der Waals surface area (Å²) in [5.74, 6) is 0.434. The van der Waals surface area contributed by atoms with Crippen molar-refractivity contribution in [2.45, 2.75) is 56.6 Å². The van der Waals surface area contributed by atoms with Crippen LogP contribution in [0.4, 0.5) is 5.82 Å². The lowest BCUT2D eigenvalue weighted by Gasteiger charge is -2.30. The molecule has 2 saturated heterocycles. The topological polar surface area (TPSA) is 108 Å². The number of para-hydroxylation sites is 1. The van der Waals surface area contributed by atoms with Gasteiger partial charge in [-0.05, 0) is 52.3 Å². The Bertz CT molecular complexity index is 1030. The summed E-state index contributed by atoms with van der Waals surface area (Å²) in [7, 11) is 1.70. The third-order valence-corrected chi connectivity index (χ3v) is 7.47. The molecule has 10 heteroatoms. The van der Waals surface area contributed by atoms with Crippen LogP contribution in [0.5, 0.6) is 0 Å². The number of hydrogen-bond donors (Lipinski definition) is 3. The lowest BCUT2D eigenvalue weighted by molar-refractivity contribution is -0.141. The Morgan fingerprint density at radius 1 is 1.21 bits per heavy atom. The maximum Gasteiger partial charge on any atom is 0.249 e. The van der Waals surface area contributed by atoms with Crippen LogP contribution in [0.2, 0.25) is 0 Å². The van der Waals surface area contributed by atoms with Gasteiger partial charge in [0.2, 0.25) is 17.7 Å². The normalized spacial score (nSPS) is 23.5. The first-order chi connectivity index (χ1) is 15.9. The van der Waals surface area contributed by atoms with Crippen LogP contribution < -0.4 is 16.0 Å². The predicted octanol–water partition coefficient (Wildman–Crippen LogP) is 1.67. The molecule has 1 aromatic carbocycles. The first-order valence-electron chi connectivity index (χ1n) is 11.2. The number of anilines is 1. The zero-order valence-electron chi connectivity index (χ0n) is 19.1. The van der Waals surface area contributed by atoms with E-state index in [0.717, 1.165) is 24.2 Å². The second-order valence-corrected chi connectivity index (χ2v) is 9.67. The van der Waals surface area contributed by atoms with Gasteiger partial charge in [0, 0.05) is 11.8 Å². The second kappa shape index (κ2) is 9.96. The summed E-state index contributed by atoms with van der Waals surface area (Å²) in [6, 6.07) is 9.77. The maximum atomic E-state index is 13.4. The minimum absolute atomic E-state index is 0.0577. The number of nitrogens with one attached hydrogen (secondary N) is 3. The molecule has 176 valence electrons. The van der Waals surface area contributed by atoms with Crippen molar-refractivity contribution >= 4 is 35.3 Å².